The Morgan fingerprint density at radius 2 is 1.27 bits per heavy atom. The fourth-order valence-electron chi connectivity index (χ4n) is 3.33. The molecule has 6 heteroatoms. The van der Waals surface area contributed by atoms with Gasteiger partial charge in [-0.05, 0) is 32.9 Å². The quantitative estimate of drug-likeness (QED) is 0.516. The van der Waals surface area contributed by atoms with Crippen LogP contribution in [0.15, 0.2) is 4.90 Å². The monoisotopic (exact) mass is 375 g/mol. The lowest BCUT2D eigenvalue weighted by Gasteiger charge is -2.37. The number of hydrogen-bond donors (Lipinski definition) is 0. The van der Waals surface area contributed by atoms with E-state index in [0.29, 0.717) is 5.56 Å². The number of rotatable bonds is 1. The summed E-state index contributed by atoms with van der Waals surface area (Å²) in [4.78, 5) is 3.20. The molecule has 0 saturated carbocycles. The minimum Gasteiger partial charge on any atom is -0.744 e. The van der Waals surface area contributed by atoms with Crippen LogP contribution in [0.3, 0.4) is 0 Å². The Morgan fingerprint density at radius 1 is 0.885 bits per heavy atom. The topological polar surface area (TPSA) is 85.3 Å². The molecular weight excluding hydrogens is 348 g/mol. The molecule has 0 unspecified atom stereocenters. The summed E-state index contributed by atoms with van der Waals surface area (Å²) >= 11 is 0. The van der Waals surface area contributed by atoms with Crippen molar-refractivity contribution in [2.24, 2.45) is 0 Å². The van der Waals surface area contributed by atoms with Gasteiger partial charge in [-0.15, -0.1) is 0 Å². The molecule has 0 atom stereocenters. The molecule has 0 aromatic heterocycles. The summed E-state index contributed by atoms with van der Waals surface area (Å²) in [5.41, 5.74) is -0.969. The lowest BCUT2D eigenvalue weighted by molar-refractivity contribution is 0.448. The van der Waals surface area contributed by atoms with Crippen LogP contribution in [0.5, 0.6) is 0 Å². The van der Waals surface area contributed by atoms with Gasteiger partial charge >= 0.3 is 0 Å². The summed E-state index contributed by atoms with van der Waals surface area (Å²) in [5.74, 6) is 0. The van der Waals surface area contributed by atoms with Gasteiger partial charge in [0, 0.05) is 0 Å². The van der Waals surface area contributed by atoms with Crippen molar-refractivity contribution in [3.63, 3.8) is 0 Å². The van der Waals surface area contributed by atoms with E-state index >= 15 is 0 Å². The zero-order chi connectivity index (χ0) is 20.9. The van der Waals surface area contributed by atoms with E-state index in [4.69, 9.17) is 6.57 Å². The molecule has 26 heavy (non-hydrogen) atoms. The molecule has 0 saturated heterocycles. The molecule has 0 fully saturated rings. The van der Waals surface area contributed by atoms with Crippen LogP contribution in [-0.2, 0) is 26.4 Å². The van der Waals surface area contributed by atoms with Crippen LogP contribution in [0.4, 0.5) is 5.69 Å². The van der Waals surface area contributed by atoms with Crippen molar-refractivity contribution in [1.82, 2.24) is 0 Å². The Kier molecular flexibility index (Phi) is 5.43. The molecule has 1 rings (SSSR count). The van der Waals surface area contributed by atoms with Crippen molar-refractivity contribution >= 4 is 15.8 Å². The van der Waals surface area contributed by atoms with Crippen molar-refractivity contribution in [1.29, 1.82) is 5.26 Å². The Hall–Kier alpha value is -1.89. The van der Waals surface area contributed by atoms with E-state index in [-0.39, 0.29) is 22.4 Å². The summed E-state index contributed by atoms with van der Waals surface area (Å²) in [6.07, 6.45) is 0. The van der Waals surface area contributed by atoms with Crippen molar-refractivity contribution in [3.05, 3.63) is 33.7 Å². The minimum absolute atomic E-state index is 0.101. The smallest absolute Gasteiger partial charge is 0.197 e. The summed E-state index contributed by atoms with van der Waals surface area (Å²) in [6, 6.07) is 2.10. The Labute approximate surface area is 157 Å². The van der Waals surface area contributed by atoms with Crippen LogP contribution < -0.4 is 0 Å². The molecule has 1 aromatic rings. The second-order valence-corrected chi connectivity index (χ2v) is 10.9. The first kappa shape index (κ1) is 22.2. The van der Waals surface area contributed by atoms with Gasteiger partial charge in [-0.25, -0.2) is 13.3 Å². The Bertz CT molecular complexity index is 871. The highest BCUT2D eigenvalue weighted by Crippen LogP contribution is 2.49. The molecule has 5 nitrogen and oxygen atoms in total. The summed E-state index contributed by atoms with van der Waals surface area (Å²) in [6.45, 7) is 24.0. The zero-order valence-corrected chi connectivity index (χ0v) is 17.8. The van der Waals surface area contributed by atoms with Gasteiger partial charge in [0.1, 0.15) is 10.1 Å². The predicted molar refractivity (Wildman–Crippen MR) is 101 cm³/mol. The SMILES string of the molecule is [C-]#[N+]c1c(C(C)(C)C)c(C#N)c(C(C)(C)C)c(S(=O)(=O)[O-])c1C(C)(C)C. The van der Waals surface area contributed by atoms with Gasteiger partial charge < -0.3 is 4.55 Å². The maximum atomic E-state index is 12.3. The Balaban J connectivity index is 4.66. The summed E-state index contributed by atoms with van der Waals surface area (Å²) < 4.78 is 36.9. The lowest BCUT2D eigenvalue weighted by atomic mass is 9.71. The normalized spacial score (nSPS) is 13.2. The van der Waals surface area contributed by atoms with Crippen molar-refractivity contribution < 1.29 is 13.0 Å². The van der Waals surface area contributed by atoms with E-state index in [9.17, 15) is 18.2 Å². The van der Waals surface area contributed by atoms with Crippen LogP contribution in [0.1, 0.15) is 84.6 Å². The van der Waals surface area contributed by atoms with Crippen LogP contribution in [0.25, 0.3) is 4.85 Å². The van der Waals surface area contributed by atoms with Crippen molar-refractivity contribution in [2.75, 3.05) is 0 Å². The summed E-state index contributed by atoms with van der Waals surface area (Å²) in [5, 5.41) is 9.88. The maximum absolute atomic E-state index is 12.3. The van der Waals surface area contributed by atoms with Gasteiger partial charge in [0.15, 0.2) is 5.69 Å². The zero-order valence-electron chi connectivity index (χ0n) is 17.0. The first-order valence-electron chi connectivity index (χ1n) is 8.37. The molecule has 142 valence electrons. The first-order valence-corrected chi connectivity index (χ1v) is 9.78. The molecule has 0 aliphatic rings. The van der Waals surface area contributed by atoms with Crippen LogP contribution >= 0.6 is 0 Å². The standard InChI is InChI=1S/C20H28N2O3S/c1-18(2,3)13-12(11-21)14(19(4,5)6)17(26(23,24)25)15(16(13)22-10)20(7,8)9/h1-9H3,(H,23,24,25)/p-1. The molecule has 0 aliphatic heterocycles. The van der Waals surface area contributed by atoms with Gasteiger partial charge in [-0.3, -0.25) is 0 Å². The number of hydrogen-bond acceptors (Lipinski definition) is 4. The molecule has 0 bridgehead atoms. The van der Waals surface area contributed by atoms with Gasteiger partial charge in [0.05, 0.1) is 23.1 Å². The van der Waals surface area contributed by atoms with E-state index in [1.54, 1.807) is 41.5 Å². The van der Waals surface area contributed by atoms with Gasteiger partial charge in [-0.2, -0.15) is 5.26 Å². The predicted octanol–water partition coefficient (Wildman–Crippen LogP) is 4.91. The maximum Gasteiger partial charge on any atom is 0.197 e. The molecule has 1 aromatic carbocycles. The van der Waals surface area contributed by atoms with Gasteiger partial charge in [0.2, 0.25) is 0 Å². The third-order valence-corrected chi connectivity index (χ3v) is 5.06. The van der Waals surface area contributed by atoms with E-state index in [1.807, 2.05) is 20.8 Å². The second kappa shape index (κ2) is 6.37. The summed E-state index contributed by atoms with van der Waals surface area (Å²) in [7, 11) is -4.90. The highest BCUT2D eigenvalue weighted by atomic mass is 32.2. The van der Waals surface area contributed by atoms with Gasteiger partial charge in [0.25, 0.3) is 0 Å². The van der Waals surface area contributed by atoms with Crippen LogP contribution in [0.2, 0.25) is 0 Å². The lowest BCUT2D eigenvalue weighted by Crippen LogP contribution is -2.28. The van der Waals surface area contributed by atoms with Gasteiger partial charge in [-0.1, -0.05) is 62.3 Å². The molecule has 0 N–H and O–H groups in total. The highest BCUT2D eigenvalue weighted by molar-refractivity contribution is 7.85. The largest absolute Gasteiger partial charge is 0.744 e. The van der Waals surface area contributed by atoms with Crippen molar-refractivity contribution in [3.8, 4) is 6.07 Å². The number of nitrogens with zero attached hydrogens (tertiary/aromatic N) is 2. The fourth-order valence-corrected chi connectivity index (χ4v) is 4.64. The number of benzene rings is 1. The molecule has 0 heterocycles. The second-order valence-electron chi connectivity index (χ2n) is 9.61. The average Bonchev–Trinajstić information content (AvgIpc) is 2.39. The number of nitriles is 1. The molecule has 0 radical (unpaired) electrons. The first-order chi connectivity index (χ1) is 11.4. The fraction of sp³-hybridized carbons (Fsp3) is 0.600. The van der Waals surface area contributed by atoms with E-state index in [2.05, 4.69) is 10.9 Å². The van der Waals surface area contributed by atoms with E-state index in [0.717, 1.165) is 0 Å². The van der Waals surface area contributed by atoms with E-state index in [1.165, 1.54) is 0 Å². The average molecular weight is 376 g/mol. The molecule has 0 amide bonds. The minimum atomic E-state index is -4.90. The van der Waals surface area contributed by atoms with Crippen LogP contribution in [-0.4, -0.2) is 13.0 Å². The third-order valence-electron chi connectivity index (χ3n) is 4.15. The third kappa shape index (κ3) is 3.92. The molecular formula is C20H27N2O3S-. The highest BCUT2D eigenvalue weighted by Gasteiger charge is 2.39. The Morgan fingerprint density at radius 3 is 1.50 bits per heavy atom. The van der Waals surface area contributed by atoms with Crippen LogP contribution in [0, 0.1) is 17.9 Å². The van der Waals surface area contributed by atoms with Crippen molar-refractivity contribution in [2.45, 2.75) is 83.5 Å². The van der Waals surface area contributed by atoms with E-state index < -0.39 is 31.3 Å². The molecule has 0 aliphatic carbocycles. The molecule has 0 spiro atoms.